The second-order valence-corrected chi connectivity index (χ2v) is 4.38. The van der Waals surface area contributed by atoms with Gasteiger partial charge < -0.3 is 14.8 Å². The summed E-state index contributed by atoms with van der Waals surface area (Å²) >= 11 is 0. The molecule has 1 amide bonds. The van der Waals surface area contributed by atoms with E-state index in [4.69, 9.17) is 9.47 Å². The lowest BCUT2D eigenvalue weighted by Crippen LogP contribution is -2.23. The fraction of sp³-hybridized carbons (Fsp3) is 0.188. The number of nitrogens with one attached hydrogen (secondary N) is 1. The molecule has 0 aromatic heterocycles. The summed E-state index contributed by atoms with van der Waals surface area (Å²) < 4.78 is 23.3. The van der Waals surface area contributed by atoms with Gasteiger partial charge >= 0.3 is 0 Å². The number of hydrogen-bond donors (Lipinski definition) is 1. The maximum absolute atomic E-state index is 13.1. The first kappa shape index (κ1) is 14.8. The predicted molar refractivity (Wildman–Crippen MR) is 77.1 cm³/mol. The molecule has 0 unspecified atom stereocenters. The molecule has 0 saturated heterocycles. The maximum atomic E-state index is 13.1. The fourth-order valence-corrected chi connectivity index (χ4v) is 1.91. The Morgan fingerprint density at radius 1 is 1.14 bits per heavy atom. The van der Waals surface area contributed by atoms with E-state index < -0.39 is 0 Å². The van der Waals surface area contributed by atoms with Gasteiger partial charge in [0.25, 0.3) is 5.91 Å². The highest BCUT2D eigenvalue weighted by Crippen LogP contribution is 2.24. The monoisotopic (exact) mass is 289 g/mol. The topological polar surface area (TPSA) is 47.6 Å². The molecule has 0 bridgehead atoms. The Morgan fingerprint density at radius 2 is 1.95 bits per heavy atom. The van der Waals surface area contributed by atoms with Gasteiger partial charge in [0.2, 0.25) is 0 Å². The molecule has 2 aromatic rings. The van der Waals surface area contributed by atoms with Crippen molar-refractivity contribution in [3.8, 4) is 11.5 Å². The van der Waals surface area contributed by atoms with Crippen molar-refractivity contribution in [2.45, 2.75) is 6.54 Å². The second-order valence-electron chi connectivity index (χ2n) is 4.38. The van der Waals surface area contributed by atoms with Crippen LogP contribution in [0.3, 0.4) is 0 Å². The van der Waals surface area contributed by atoms with E-state index in [1.807, 2.05) is 0 Å². The third kappa shape index (κ3) is 3.72. The number of carbonyl (C=O) groups is 1. The molecular weight excluding hydrogens is 273 g/mol. The minimum atomic E-state index is -0.330. The van der Waals surface area contributed by atoms with Gasteiger partial charge in [0.05, 0.1) is 19.8 Å². The van der Waals surface area contributed by atoms with Crippen LogP contribution in [0, 0.1) is 5.82 Å². The zero-order valence-electron chi connectivity index (χ0n) is 11.9. The summed E-state index contributed by atoms with van der Waals surface area (Å²) in [4.78, 5) is 12.2. The lowest BCUT2D eigenvalue weighted by atomic mass is 10.1. The van der Waals surface area contributed by atoms with Crippen LogP contribution in [0.15, 0.2) is 42.5 Å². The van der Waals surface area contributed by atoms with Gasteiger partial charge in [-0.05, 0) is 29.8 Å². The van der Waals surface area contributed by atoms with Crippen molar-refractivity contribution in [2.75, 3.05) is 14.2 Å². The van der Waals surface area contributed by atoms with Crippen LogP contribution in [0.25, 0.3) is 0 Å². The van der Waals surface area contributed by atoms with E-state index in [-0.39, 0.29) is 18.3 Å². The number of carbonyl (C=O) groups excluding carboxylic acids is 1. The number of hydrogen-bond acceptors (Lipinski definition) is 3. The number of halogens is 1. The van der Waals surface area contributed by atoms with Gasteiger partial charge in [-0.1, -0.05) is 12.1 Å². The third-order valence-electron chi connectivity index (χ3n) is 3.00. The molecule has 0 aliphatic heterocycles. The molecule has 0 aliphatic rings. The predicted octanol–water partition coefficient (Wildman–Crippen LogP) is 2.77. The number of ether oxygens (including phenoxy) is 2. The first-order valence-electron chi connectivity index (χ1n) is 6.38. The van der Waals surface area contributed by atoms with Crippen LogP contribution in [0.5, 0.6) is 11.5 Å². The fourth-order valence-electron chi connectivity index (χ4n) is 1.91. The molecular formula is C16H16FNO3. The molecule has 2 aromatic carbocycles. The average Bonchev–Trinajstić information content (AvgIpc) is 2.52. The molecule has 0 atom stereocenters. The van der Waals surface area contributed by atoms with E-state index in [1.54, 1.807) is 37.4 Å². The molecule has 5 heteroatoms. The van der Waals surface area contributed by atoms with E-state index in [9.17, 15) is 9.18 Å². The first-order chi connectivity index (χ1) is 10.1. The van der Waals surface area contributed by atoms with Crippen molar-refractivity contribution in [1.29, 1.82) is 0 Å². The molecule has 1 N–H and O–H groups in total. The summed E-state index contributed by atoms with van der Waals surface area (Å²) in [6.45, 7) is 0.242. The summed E-state index contributed by atoms with van der Waals surface area (Å²) in [6, 6.07) is 11.0. The van der Waals surface area contributed by atoms with E-state index in [2.05, 4.69) is 5.32 Å². The van der Waals surface area contributed by atoms with Crippen LogP contribution in [-0.2, 0) is 6.54 Å². The van der Waals surface area contributed by atoms with Gasteiger partial charge in [0.1, 0.15) is 17.3 Å². The SMILES string of the molecule is COc1ccc(C(=O)NCc2cccc(F)c2)c(OC)c1. The highest BCUT2D eigenvalue weighted by molar-refractivity contribution is 5.97. The Morgan fingerprint density at radius 3 is 2.62 bits per heavy atom. The summed E-state index contributed by atoms with van der Waals surface area (Å²) in [5, 5.41) is 2.73. The normalized spacial score (nSPS) is 10.0. The smallest absolute Gasteiger partial charge is 0.255 e. The lowest BCUT2D eigenvalue weighted by Gasteiger charge is -2.11. The van der Waals surface area contributed by atoms with Crippen LogP contribution < -0.4 is 14.8 Å². The minimum Gasteiger partial charge on any atom is -0.497 e. The van der Waals surface area contributed by atoms with Crippen molar-refractivity contribution < 1.29 is 18.7 Å². The van der Waals surface area contributed by atoms with Crippen LogP contribution in [0.2, 0.25) is 0 Å². The van der Waals surface area contributed by atoms with Gasteiger partial charge in [0.15, 0.2) is 0 Å². The largest absolute Gasteiger partial charge is 0.497 e. The van der Waals surface area contributed by atoms with Crippen molar-refractivity contribution in [1.82, 2.24) is 5.32 Å². The third-order valence-corrected chi connectivity index (χ3v) is 3.00. The van der Waals surface area contributed by atoms with Gasteiger partial charge in [0, 0.05) is 12.6 Å². The molecule has 0 saturated carbocycles. The Bertz CT molecular complexity index is 643. The Kier molecular flexibility index (Phi) is 4.77. The van der Waals surface area contributed by atoms with E-state index in [0.29, 0.717) is 22.6 Å². The summed E-state index contributed by atoms with van der Waals surface area (Å²) in [7, 11) is 3.02. The molecule has 110 valence electrons. The molecule has 2 rings (SSSR count). The molecule has 0 fully saturated rings. The first-order valence-corrected chi connectivity index (χ1v) is 6.38. The standard InChI is InChI=1S/C16H16FNO3/c1-20-13-6-7-14(15(9-13)21-2)16(19)18-10-11-4-3-5-12(17)8-11/h3-9H,10H2,1-2H3,(H,18,19). The molecule has 0 aliphatic carbocycles. The summed E-state index contributed by atoms with van der Waals surface area (Å²) in [5.41, 5.74) is 1.09. The molecule has 0 spiro atoms. The van der Waals surface area contributed by atoms with Crippen LogP contribution in [0.1, 0.15) is 15.9 Å². The van der Waals surface area contributed by atoms with Crippen molar-refractivity contribution in [3.05, 3.63) is 59.4 Å². The minimum absolute atomic E-state index is 0.242. The summed E-state index contributed by atoms with van der Waals surface area (Å²) in [5.74, 6) is 0.405. The zero-order valence-corrected chi connectivity index (χ0v) is 11.9. The van der Waals surface area contributed by atoms with Crippen LogP contribution in [-0.4, -0.2) is 20.1 Å². The summed E-state index contributed by atoms with van der Waals surface area (Å²) in [6.07, 6.45) is 0. The second kappa shape index (κ2) is 6.74. The Labute approximate surface area is 122 Å². The van der Waals surface area contributed by atoms with E-state index in [0.717, 1.165) is 0 Å². The van der Waals surface area contributed by atoms with Crippen LogP contribution in [0.4, 0.5) is 4.39 Å². The average molecular weight is 289 g/mol. The van der Waals surface area contributed by atoms with Crippen molar-refractivity contribution in [2.24, 2.45) is 0 Å². The number of amides is 1. The Balaban J connectivity index is 2.10. The molecule has 4 nitrogen and oxygen atoms in total. The Hall–Kier alpha value is -2.56. The van der Waals surface area contributed by atoms with Gasteiger partial charge in [-0.25, -0.2) is 4.39 Å². The highest BCUT2D eigenvalue weighted by atomic mass is 19.1. The van der Waals surface area contributed by atoms with Crippen molar-refractivity contribution >= 4 is 5.91 Å². The number of benzene rings is 2. The zero-order chi connectivity index (χ0) is 15.2. The highest BCUT2D eigenvalue weighted by Gasteiger charge is 2.13. The van der Waals surface area contributed by atoms with Gasteiger partial charge in [-0.3, -0.25) is 4.79 Å². The number of rotatable bonds is 5. The molecule has 0 heterocycles. The molecule has 21 heavy (non-hydrogen) atoms. The van der Waals surface area contributed by atoms with Crippen molar-refractivity contribution in [3.63, 3.8) is 0 Å². The lowest BCUT2D eigenvalue weighted by molar-refractivity contribution is 0.0947. The number of methoxy groups -OCH3 is 2. The maximum Gasteiger partial charge on any atom is 0.255 e. The van der Waals surface area contributed by atoms with E-state index >= 15 is 0 Å². The molecule has 0 radical (unpaired) electrons. The quantitative estimate of drug-likeness (QED) is 0.920. The van der Waals surface area contributed by atoms with E-state index in [1.165, 1.54) is 19.2 Å². The van der Waals surface area contributed by atoms with Crippen LogP contribution >= 0.6 is 0 Å². The van der Waals surface area contributed by atoms with Gasteiger partial charge in [-0.2, -0.15) is 0 Å². The van der Waals surface area contributed by atoms with Gasteiger partial charge in [-0.15, -0.1) is 0 Å².